The van der Waals surface area contributed by atoms with Crippen LogP contribution >= 0.6 is 0 Å². The van der Waals surface area contributed by atoms with Gasteiger partial charge < -0.3 is 4.74 Å². The smallest absolute Gasteiger partial charge is 0.140 e. The van der Waals surface area contributed by atoms with Crippen molar-refractivity contribution in [1.82, 2.24) is 0 Å². The number of benzene rings is 10. The van der Waals surface area contributed by atoms with Gasteiger partial charge in [0, 0.05) is 16.5 Å². The first-order valence-electron chi connectivity index (χ1n) is 24.7. The predicted octanol–water partition coefficient (Wildman–Crippen LogP) is 17.6. The van der Waals surface area contributed by atoms with E-state index in [1.807, 2.05) is 0 Å². The molecule has 330 valence electrons. The lowest BCUT2D eigenvalue weighted by Crippen LogP contribution is -2.32. The summed E-state index contributed by atoms with van der Waals surface area (Å²) in [6, 6.07) is 78.3. The molecule has 1 aliphatic heterocycles. The van der Waals surface area contributed by atoms with Gasteiger partial charge >= 0.3 is 0 Å². The van der Waals surface area contributed by atoms with E-state index in [1.54, 1.807) is 0 Å². The minimum atomic E-state index is -0.553. The summed E-state index contributed by atoms with van der Waals surface area (Å²) in [6.07, 6.45) is 0. The average molecular weight is 885 g/mol. The Morgan fingerprint density at radius 3 is 1.33 bits per heavy atom. The summed E-state index contributed by atoms with van der Waals surface area (Å²) >= 11 is 0. The Bertz CT molecular complexity index is 3720. The van der Waals surface area contributed by atoms with E-state index in [-0.39, 0.29) is 10.8 Å². The van der Waals surface area contributed by atoms with Crippen LogP contribution < -0.4 is 4.74 Å². The molecular weight excluding hydrogens is 833 g/mol. The minimum Gasteiger partial charge on any atom is -0.456 e. The molecule has 0 bridgehead atoms. The fraction of sp³-hybridized carbons (Fsp3) is 0.147. The quantitative estimate of drug-likeness (QED) is 0.168. The van der Waals surface area contributed by atoms with E-state index in [9.17, 15) is 0 Å². The second kappa shape index (κ2) is 13.9. The van der Waals surface area contributed by atoms with Crippen LogP contribution in [0.5, 0.6) is 11.5 Å². The minimum absolute atomic E-state index is 0.000333. The van der Waals surface area contributed by atoms with E-state index < -0.39 is 10.8 Å². The Morgan fingerprint density at radius 2 is 0.739 bits per heavy atom. The number of fused-ring (bicyclic) bond motifs is 21. The first kappa shape index (κ1) is 40.3. The van der Waals surface area contributed by atoms with Crippen LogP contribution in [0, 0.1) is 0 Å². The van der Waals surface area contributed by atoms with E-state index in [0.717, 1.165) is 16.9 Å². The number of hydrogen-bond donors (Lipinski definition) is 0. The van der Waals surface area contributed by atoms with Crippen LogP contribution in [0.15, 0.2) is 206 Å². The molecule has 0 aromatic heterocycles. The van der Waals surface area contributed by atoms with E-state index >= 15 is 0 Å². The summed E-state index contributed by atoms with van der Waals surface area (Å²) in [6.45, 7) is 14.0. The molecule has 1 nitrogen and oxygen atoms in total. The van der Waals surface area contributed by atoms with Gasteiger partial charge in [-0.1, -0.05) is 236 Å². The lowest BCUT2D eigenvalue weighted by atomic mass is 9.65. The third kappa shape index (κ3) is 5.26. The average Bonchev–Trinajstić information content (AvgIpc) is 3.96. The topological polar surface area (TPSA) is 9.23 Å². The van der Waals surface area contributed by atoms with Crippen LogP contribution in [0.25, 0.3) is 66.4 Å². The van der Waals surface area contributed by atoms with Crippen LogP contribution in [0.4, 0.5) is 0 Å². The molecule has 0 fully saturated rings. The zero-order valence-corrected chi connectivity index (χ0v) is 40.0. The largest absolute Gasteiger partial charge is 0.456 e. The molecule has 2 spiro atoms. The fourth-order valence-electron chi connectivity index (χ4n) is 13.1. The molecule has 0 amide bonds. The lowest BCUT2D eigenvalue weighted by molar-refractivity contribution is 0.442. The van der Waals surface area contributed by atoms with Gasteiger partial charge in [0.15, 0.2) is 0 Å². The van der Waals surface area contributed by atoms with Crippen molar-refractivity contribution in [2.24, 2.45) is 0 Å². The molecule has 1 heterocycles. The Balaban J connectivity index is 0.977. The summed E-state index contributed by atoms with van der Waals surface area (Å²) in [4.78, 5) is 0. The molecule has 0 radical (unpaired) electrons. The van der Waals surface area contributed by atoms with Crippen LogP contribution in [0.1, 0.15) is 97.2 Å². The number of rotatable bonds is 2. The molecule has 0 saturated heterocycles. The lowest BCUT2D eigenvalue weighted by Gasteiger charge is -2.40. The van der Waals surface area contributed by atoms with Crippen molar-refractivity contribution in [1.29, 1.82) is 0 Å². The van der Waals surface area contributed by atoms with E-state index in [1.165, 1.54) is 117 Å². The Labute approximate surface area is 405 Å². The van der Waals surface area contributed by atoms with Crippen LogP contribution in [-0.2, 0) is 21.7 Å². The maximum Gasteiger partial charge on any atom is 0.140 e. The molecule has 4 aliphatic rings. The van der Waals surface area contributed by atoms with Gasteiger partial charge in [-0.25, -0.2) is 0 Å². The summed E-state index contributed by atoms with van der Waals surface area (Å²) < 4.78 is 7.08. The summed E-state index contributed by atoms with van der Waals surface area (Å²) in [5, 5.41) is 2.30. The normalized spacial score (nSPS) is 14.9. The van der Waals surface area contributed by atoms with E-state index in [2.05, 4.69) is 248 Å². The van der Waals surface area contributed by atoms with Crippen molar-refractivity contribution in [2.45, 2.75) is 63.2 Å². The Hall–Kier alpha value is -7.74. The van der Waals surface area contributed by atoms with Crippen molar-refractivity contribution in [3.63, 3.8) is 0 Å². The SMILES string of the molecule is CC(C)(C)c1ccc2c(c1)C1(c3cc(C(C)(C)C)ccc3-2)c2ccccc2-c2c(-c3ccc(-c4cc5c(c6ccccc46)Oc4ccccc4C54c5ccccc5-c5ccccc54)cc3)cccc21. The van der Waals surface area contributed by atoms with Crippen molar-refractivity contribution < 1.29 is 4.74 Å². The highest BCUT2D eigenvalue weighted by molar-refractivity contribution is 6.05. The zero-order chi connectivity index (χ0) is 46.6. The Morgan fingerprint density at radius 1 is 0.304 bits per heavy atom. The van der Waals surface area contributed by atoms with Crippen molar-refractivity contribution in [3.05, 3.63) is 262 Å². The summed E-state index contributed by atoms with van der Waals surface area (Å²) in [5.74, 6) is 1.84. The molecule has 0 unspecified atom stereocenters. The zero-order valence-electron chi connectivity index (χ0n) is 40.0. The van der Waals surface area contributed by atoms with Crippen LogP contribution in [-0.4, -0.2) is 0 Å². The van der Waals surface area contributed by atoms with Gasteiger partial charge in [0.05, 0.1) is 10.8 Å². The summed E-state index contributed by atoms with van der Waals surface area (Å²) in [5.41, 5.74) is 24.9. The molecule has 10 aromatic rings. The molecule has 14 rings (SSSR count). The van der Waals surface area contributed by atoms with Gasteiger partial charge in [-0.3, -0.25) is 0 Å². The van der Waals surface area contributed by atoms with E-state index in [0.29, 0.717) is 0 Å². The predicted molar refractivity (Wildman–Crippen MR) is 286 cm³/mol. The second-order valence-electron chi connectivity index (χ2n) is 21.9. The van der Waals surface area contributed by atoms with Gasteiger partial charge in [-0.05, 0) is 128 Å². The molecule has 0 atom stereocenters. The van der Waals surface area contributed by atoms with Gasteiger partial charge in [0.2, 0.25) is 0 Å². The number of hydrogen-bond acceptors (Lipinski definition) is 1. The van der Waals surface area contributed by atoms with Crippen LogP contribution in [0.2, 0.25) is 0 Å². The van der Waals surface area contributed by atoms with Crippen LogP contribution in [0.3, 0.4) is 0 Å². The molecular formula is C68H52O. The maximum atomic E-state index is 7.08. The number of ether oxygens (including phenoxy) is 1. The van der Waals surface area contributed by atoms with Gasteiger partial charge in [0.1, 0.15) is 11.5 Å². The number of para-hydroxylation sites is 1. The third-order valence-corrected chi connectivity index (χ3v) is 16.3. The molecule has 1 heteroatoms. The van der Waals surface area contributed by atoms with Gasteiger partial charge in [-0.2, -0.15) is 0 Å². The van der Waals surface area contributed by atoms with Crippen molar-refractivity contribution in [2.75, 3.05) is 0 Å². The molecule has 10 aromatic carbocycles. The fourth-order valence-corrected chi connectivity index (χ4v) is 13.1. The van der Waals surface area contributed by atoms with Crippen molar-refractivity contribution >= 4 is 10.8 Å². The standard InChI is InChI=1S/C68H52O/c1-65(2,3)43-34-36-49-50-37-35-44(66(4,5)6)39-60(50)68(59(49)38-43)56-26-14-11-22-52(56)63-45(23-17-28-58(63)68)41-30-32-42(33-31-41)53-40-61-64(51-21-8-7-18-46(51)53)69-62-29-16-15-27-57(62)67(61)54-24-12-9-19-47(54)48-20-10-13-25-55(48)67/h7-40H,1-6H3. The highest BCUT2D eigenvalue weighted by Gasteiger charge is 2.54. The highest BCUT2D eigenvalue weighted by atomic mass is 16.5. The molecule has 3 aliphatic carbocycles. The molecule has 0 saturated carbocycles. The van der Waals surface area contributed by atoms with Gasteiger partial charge in [0.25, 0.3) is 0 Å². The third-order valence-electron chi connectivity index (χ3n) is 16.3. The first-order valence-corrected chi connectivity index (χ1v) is 24.7. The highest BCUT2D eigenvalue weighted by Crippen LogP contribution is 2.66. The first-order chi connectivity index (χ1) is 33.5. The monoisotopic (exact) mass is 884 g/mol. The van der Waals surface area contributed by atoms with E-state index in [4.69, 9.17) is 4.74 Å². The van der Waals surface area contributed by atoms with Crippen molar-refractivity contribution in [3.8, 4) is 67.1 Å². The summed E-state index contributed by atoms with van der Waals surface area (Å²) in [7, 11) is 0. The van der Waals surface area contributed by atoms with Gasteiger partial charge in [-0.15, -0.1) is 0 Å². The Kier molecular flexibility index (Phi) is 8.14. The molecule has 0 N–H and O–H groups in total. The molecule has 69 heavy (non-hydrogen) atoms. The maximum absolute atomic E-state index is 7.08. The second-order valence-corrected chi connectivity index (χ2v) is 21.9.